The van der Waals surface area contributed by atoms with Gasteiger partial charge in [-0.05, 0) is 35.1 Å². The Morgan fingerprint density at radius 3 is 2.00 bits per heavy atom. The van der Waals surface area contributed by atoms with E-state index < -0.39 is 0 Å². The van der Waals surface area contributed by atoms with Crippen LogP contribution >= 0.6 is 0 Å². The zero-order chi connectivity index (χ0) is 14.5. The van der Waals surface area contributed by atoms with Crippen LogP contribution in [0.5, 0.6) is 0 Å². The van der Waals surface area contributed by atoms with Crippen LogP contribution in [0.3, 0.4) is 0 Å². The van der Waals surface area contributed by atoms with Crippen LogP contribution in [-0.4, -0.2) is 0 Å². The van der Waals surface area contributed by atoms with Gasteiger partial charge in [-0.3, -0.25) is 0 Å². The van der Waals surface area contributed by atoms with Crippen molar-refractivity contribution in [3.63, 3.8) is 0 Å². The maximum Gasteiger partial charge on any atom is 0.129 e. The van der Waals surface area contributed by atoms with Gasteiger partial charge in [-0.2, -0.15) is 10.5 Å². The summed E-state index contributed by atoms with van der Waals surface area (Å²) in [6, 6.07) is 12.0. The van der Waals surface area contributed by atoms with E-state index in [1.54, 1.807) is 6.08 Å². The molecule has 0 spiro atoms. The predicted octanol–water partition coefficient (Wildman–Crippen LogP) is 4.36. The van der Waals surface area contributed by atoms with Gasteiger partial charge in [0.1, 0.15) is 17.7 Å². The van der Waals surface area contributed by atoms with Crippen molar-refractivity contribution in [2.45, 2.75) is 33.1 Å². The van der Waals surface area contributed by atoms with E-state index in [0.717, 1.165) is 11.1 Å². The van der Waals surface area contributed by atoms with E-state index in [1.165, 1.54) is 5.56 Å². The summed E-state index contributed by atoms with van der Waals surface area (Å²) < 4.78 is 0. The summed E-state index contributed by atoms with van der Waals surface area (Å²) in [4.78, 5) is 0. The maximum atomic E-state index is 8.70. The van der Waals surface area contributed by atoms with Gasteiger partial charge in [-0.1, -0.05) is 51.1 Å². The van der Waals surface area contributed by atoms with Gasteiger partial charge >= 0.3 is 0 Å². The van der Waals surface area contributed by atoms with E-state index in [1.807, 2.05) is 25.1 Å². The van der Waals surface area contributed by atoms with Gasteiger partial charge in [0.05, 0.1) is 0 Å². The van der Waals surface area contributed by atoms with Gasteiger partial charge in [0.2, 0.25) is 0 Å². The summed E-state index contributed by atoms with van der Waals surface area (Å²) in [6.07, 6.45) is 3.55. The van der Waals surface area contributed by atoms with E-state index in [0.29, 0.717) is 0 Å². The van der Waals surface area contributed by atoms with Crippen LogP contribution in [0, 0.1) is 22.7 Å². The van der Waals surface area contributed by atoms with Crippen molar-refractivity contribution in [2.75, 3.05) is 0 Å². The van der Waals surface area contributed by atoms with Crippen LogP contribution in [0.2, 0.25) is 0 Å². The van der Waals surface area contributed by atoms with Gasteiger partial charge in [0.25, 0.3) is 0 Å². The second-order valence-corrected chi connectivity index (χ2v) is 5.54. The monoisotopic (exact) mass is 250 g/mol. The van der Waals surface area contributed by atoms with Gasteiger partial charge < -0.3 is 0 Å². The molecule has 0 amide bonds. The Morgan fingerprint density at radius 2 is 1.58 bits per heavy atom. The molecule has 0 aromatic heterocycles. The smallest absolute Gasteiger partial charge is 0.129 e. The Morgan fingerprint density at radius 1 is 1.05 bits per heavy atom. The minimum absolute atomic E-state index is 0.125. The Labute approximate surface area is 115 Å². The second kappa shape index (κ2) is 6.03. The first-order valence-electron chi connectivity index (χ1n) is 6.17. The number of nitrogens with zero attached hydrogens (tertiary/aromatic N) is 2. The summed E-state index contributed by atoms with van der Waals surface area (Å²) >= 11 is 0. The van der Waals surface area contributed by atoms with Crippen molar-refractivity contribution >= 4 is 6.08 Å². The molecule has 2 nitrogen and oxygen atoms in total. The molecule has 0 bridgehead atoms. The molecule has 0 radical (unpaired) electrons. The summed E-state index contributed by atoms with van der Waals surface area (Å²) in [7, 11) is 0. The minimum atomic E-state index is 0.125. The molecule has 0 heterocycles. The largest absolute Gasteiger partial charge is 0.192 e. The Balaban J connectivity index is 2.99. The van der Waals surface area contributed by atoms with E-state index in [4.69, 9.17) is 10.5 Å². The standard InChI is InChI=1S/C17H18N2/c1-13(10-15(11-18)12-19)9-14-5-7-16(8-6-14)17(2,3)4/h5-10H,1-4H3/b13-9-. The first kappa shape index (κ1) is 14.7. The van der Waals surface area contributed by atoms with Crippen molar-refractivity contribution in [3.8, 4) is 12.1 Å². The molecule has 0 aliphatic rings. The van der Waals surface area contributed by atoms with Gasteiger partial charge in [-0.25, -0.2) is 0 Å². The van der Waals surface area contributed by atoms with Gasteiger partial charge in [0, 0.05) is 0 Å². The lowest BCUT2D eigenvalue weighted by atomic mass is 9.86. The zero-order valence-electron chi connectivity index (χ0n) is 11.9. The first-order valence-corrected chi connectivity index (χ1v) is 6.17. The maximum absolute atomic E-state index is 8.70. The molecule has 1 rings (SSSR count). The van der Waals surface area contributed by atoms with Crippen molar-refractivity contribution in [3.05, 3.63) is 52.6 Å². The Hall–Kier alpha value is -2.32. The van der Waals surface area contributed by atoms with Crippen LogP contribution < -0.4 is 0 Å². The SMILES string of the molecule is C/C(C=C(C#N)C#N)=C/c1ccc(C(C)(C)C)cc1. The number of hydrogen-bond acceptors (Lipinski definition) is 2. The number of benzene rings is 1. The molecule has 0 atom stereocenters. The number of rotatable bonds is 2. The average Bonchev–Trinajstić information content (AvgIpc) is 2.35. The van der Waals surface area contributed by atoms with E-state index in [-0.39, 0.29) is 11.0 Å². The summed E-state index contributed by atoms with van der Waals surface area (Å²) in [5, 5.41) is 17.4. The molecule has 0 aliphatic heterocycles. The Bertz CT molecular complexity index is 566. The highest BCUT2D eigenvalue weighted by Gasteiger charge is 2.12. The average molecular weight is 250 g/mol. The summed E-state index contributed by atoms with van der Waals surface area (Å²) in [6.45, 7) is 8.42. The molecule has 0 fully saturated rings. The molecule has 0 N–H and O–H groups in total. The topological polar surface area (TPSA) is 47.6 Å². The van der Waals surface area contributed by atoms with E-state index in [9.17, 15) is 0 Å². The lowest BCUT2D eigenvalue weighted by Crippen LogP contribution is -2.10. The molecule has 1 aromatic rings. The fourth-order valence-electron chi connectivity index (χ4n) is 1.70. The van der Waals surface area contributed by atoms with Crippen molar-refractivity contribution in [1.82, 2.24) is 0 Å². The van der Waals surface area contributed by atoms with Gasteiger partial charge in [-0.15, -0.1) is 0 Å². The van der Waals surface area contributed by atoms with Crippen molar-refractivity contribution < 1.29 is 0 Å². The molecule has 96 valence electrons. The third-order valence-corrected chi connectivity index (χ3v) is 2.78. The molecular weight excluding hydrogens is 232 g/mol. The van der Waals surface area contributed by atoms with E-state index in [2.05, 4.69) is 45.0 Å². The normalized spacial score (nSPS) is 11.4. The lowest BCUT2D eigenvalue weighted by molar-refractivity contribution is 0.590. The van der Waals surface area contributed by atoms with E-state index >= 15 is 0 Å². The third-order valence-electron chi connectivity index (χ3n) is 2.78. The molecule has 19 heavy (non-hydrogen) atoms. The quantitative estimate of drug-likeness (QED) is 0.578. The van der Waals surface area contributed by atoms with Crippen LogP contribution in [0.1, 0.15) is 38.8 Å². The van der Waals surface area contributed by atoms with Gasteiger partial charge in [0.15, 0.2) is 0 Å². The molecule has 1 aromatic carbocycles. The molecule has 0 saturated carbocycles. The highest BCUT2D eigenvalue weighted by Crippen LogP contribution is 2.22. The first-order chi connectivity index (χ1) is 8.86. The third kappa shape index (κ3) is 4.45. The molecule has 0 aliphatic carbocycles. The second-order valence-electron chi connectivity index (χ2n) is 5.54. The zero-order valence-corrected chi connectivity index (χ0v) is 11.9. The molecule has 0 unspecified atom stereocenters. The van der Waals surface area contributed by atoms with Crippen LogP contribution in [0.25, 0.3) is 6.08 Å². The fourth-order valence-corrected chi connectivity index (χ4v) is 1.70. The number of allylic oxidation sites excluding steroid dienone is 3. The highest BCUT2D eigenvalue weighted by molar-refractivity contribution is 5.58. The molecule has 0 saturated heterocycles. The Kier molecular flexibility index (Phi) is 4.67. The summed E-state index contributed by atoms with van der Waals surface area (Å²) in [5.41, 5.74) is 3.51. The number of nitriles is 2. The molecule has 2 heteroatoms. The number of hydrogen-bond donors (Lipinski definition) is 0. The van der Waals surface area contributed by atoms with Crippen LogP contribution in [0.4, 0.5) is 0 Å². The van der Waals surface area contributed by atoms with Crippen molar-refractivity contribution in [2.24, 2.45) is 0 Å². The minimum Gasteiger partial charge on any atom is -0.192 e. The van der Waals surface area contributed by atoms with Crippen LogP contribution in [0.15, 0.2) is 41.5 Å². The molecular formula is C17H18N2. The lowest BCUT2D eigenvalue weighted by Gasteiger charge is -2.18. The fraction of sp³-hybridized carbons (Fsp3) is 0.294. The summed E-state index contributed by atoms with van der Waals surface area (Å²) in [5.74, 6) is 0. The highest BCUT2D eigenvalue weighted by atomic mass is 14.3. The van der Waals surface area contributed by atoms with Crippen LogP contribution in [-0.2, 0) is 5.41 Å². The predicted molar refractivity (Wildman–Crippen MR) is 78.1 cm³/mol. The van der Waals surface area contributed by atoms with Crippen molar-refractivity contribution in [1.29, 1.82) is 10.5 Å².